The lowest BCUT2D eigenvalue weighted by molar-refractivity contribution is 0.565. The molecule has 0 atom stereocenters. The Morgan fingerprint density at radius 1 is 1.39 bits per heavy atom. The lowest BCUT2D eigenvalue weighted by Crippen LogP contribution is -2.00. The lowest BCUT2D eigenvalue weighted by Gasteiger charge is -2.02. The summed E-state index contributed by atoms with van der Waals surface area (Å²) in [6.45, 7) is 0. The van der Waals surface area contributed by atoms with Crippen LogP contribution in [0.25, 0.3) is 0 Å². The Hall–Kier alpha value is -1.70. The molecule has 7 nitrogen and oxygen atoms in total. The fraction of sp³-hybridized carbons (Fsp3) is 0.500. The summed E-state index contributed by atoms with van der Waals surface area (Å²) in [5, 5.41) is 15.6. The van der Waals surface area contributed by atoms with Crippen molar-refractivity contribution in [2.45, 2.75) is 29.8 Å². The molecule has 8 heteroatoms. The van der Waals surface area contributed by atoms with Gasteiger partial charge >= 0.3 is 0 Å². The van der Waals surface area contributed by atoms with Gasteiger partial charge in [-0.2, -0.15) is 0 Å². The van der Waals surface area contributed by atoms with E-state index in [0.29, 0.717) is 6.04 Å². The smallest absolute Gasteiger partial charge is 0.209 e. The Morgan fingerprint density at radius 2 is 2.28 bits per heavy atom. The largest absolute Gasteiger partial charge is 0.372 e. The van der Waals surface area contributed by atoms with Crippen LogP contribution in [0, 0.1) is 0 Å². The highest BCUT2D eigenvalue weighted by Crippen LogP contribution is 2.36. The molecule has 3 rings (SSSR count). The number of rotatable bonds is 5. The number of hydrogen-bond acceptors (Lipinski definition) is 7. The Kier molecular flexibility index (Phi) is 3.09. The molecule has 0 aliphatic heterocycles. The molecule has 1 fully saturated rings. The van der Waals surface area contributed by atoms with Gasteiger partial charge in [0.15, 0.2) is 0 Å². The number of thioether (sulfide) groups is 1. The summed E-state index contributed by atoms with van der Waals surface area (Å²) in [5.74, 6) is 1.50. The average Bonchev–Trinajstić information content (AvgIpc) is 3.16. The Labute approximate surface area is 108 Å². The van der Waals surface area contributed by atoms with E-state index in [1.807, 2.05) is 11.7 Å². The van der Waals surface area contributed by atoms with E-state index in [1.165, 1.54) is 12.8 Å². The topological polar surface area (TPSA) is 81.4 Å². The van der Waals surface area contributed by atoms with Crippen molar-refractivity contribution in [3.05, 3.63) is 18.1 Å². The van der Waals surface area contributed by atoms with Gasteiger partial charge in [0.05, 0.1) is 24.1 Å². The molecule has 1 aliphatic carbocycles. The average molecular weight is 263 g/mol. The third-order valence-electron chi connectivity index (χ3n) is 2.67. The molecule has 0 bridgehead atoms. The molecule has 0 saturated heterocycles. The Bertz CT molecular complexity index is 519. The maximum Gasteiger partial charge on any atom is 0.209 e. The highest BCUT2D eigenvalue weighted by molar-refractivity contribution is 7.98. The van der Waals surface area contributed by atoms with Crippen LogP contribution in [-0.4, -0.2) is 37.2 Å². The molecule has 2 heterocycles. The number of tetrazole rings is 1. The van der Waals surface area contributed by atoms with E-state index < -0.39 is 0 Å². The number of anilines is 1. The van der Waals surface area contributed by atoms with Crippen molar-refractivity contribution in [1.29, 1.82) is 0 Å². The van der Waals surface area contributed by atoms with Crippen LogP contribution in [-0.2, 0) is 5.75 Å². The van der Waals surface area contributed by atoms with Crippen LogP contribution in [0.1, 0.15) is 24.6 Å². The van der Waals surface area contributed by atoms with Gasteiger partial charge in [-0.05, 0) is 23.3 Å². The second-order valence-electron chi connectivity index (χ2n) is 4.07. The molecule has 1 saturated carbocycles. The lowest BCUT2D eigenvalue weighted by atomic mass is 10.5. The molecule has 94 valence electrons. The highest BCUT2D eigenvalue weighted by Gasteiger charge is 2.27. The minimum atomic E-state index is 0.500. The predicted octanol–water partition coefficient (Wildman–Crippen LogP) is 1.13. The van der Waals surface area contributed by atoms with Gasteiger partial charge < -0.3 is 5.32 Å². The van der Waals surface area contributed by atoms with Crippen molar-refractivity contribution >= 4 is 17.6 Å². The van der Waals surface area contributed by atoms with Crippen LogP contribution in [0.15, 0.2) is 17.6 Å². The van der Waals surface area contributed by atoms with E-state index >= 15 is 0 Å². The number of aromatic nitrogens is 6. The molecule has 1 N–H and O–H groups in total. The number of hydrogen-bond donors (Lipinski definition) is 1. The van der Waals surface area contributed by atoms with Crippen LogP contribution >= 0.6 is 11.8 Å². The summed E-state index contributed by atoms with van der Waals surface area (Å²) < 4.78 is 1.90. The Morgan fingerprint density at radius 3 is 2.94 bits per heavy atom. The van der Waals surface area contributed by atoms with Gasteiger partial charge in [0.1, 0.15) is 5.82 Å². The van der Waals surface area contributed by atoms with Gasteiger partial charge in [-0.15, -0.1) is 5.10 Å². The van der Waals surface area contributed by atoms with E-state index in [-0.39, 0.29) is 0 Å². The second-order valence-corrected chi connectivity index (χ2v) is 5.01. The summed E-state index contributed by atoms with van der Waals surface area (Å²) in [4.78, 5) is 8.54. The molecule has 2 aromatic rings. The van der Waals surface area contributed by atoms with Crippen molar-refractivity contribution in [2.75, 3.05) is 12.4 Å². The van der Waals surface area contributed by atoms with Crippen molar-refractivity contribution in [1.82, 2.24) is 30.2 Å². The Balaban J connectivity index is 1.64. The maximum absolute atomic E-state index is 4.32. The summed E-state index contributed by atoms with van der Waals surface area (Å²) in [7, 11) is 1.82. The monoisotopic (exact) mass is 263 g/mol. The highest BCUT2D eigenvalue weighted by atomic mass is 32.2. The van der Waals surface area contributed by atoms with E-state index in [1.54, 1.807) is 24.2 Å². The fourth-order valence-electron chi connectivity index (χ4n) is 1.53. The third-order valence-corrected chi connectivity index (χ3v) is 3.63. The van der Waals surface area contributed by atoms with E-state index in [2.05, 4.69) is 30.8 Å². The van der Waals surface area contributed by atoms with Crippen molar-refractivity contribution < 1.29 is 0 Å². The van der Waals surface area contributed by atoms with Crippen LogP contribution in [0.4, 0.5) is 5.82 Å². The number of nitrogens with one attached hydrogen (secondary N) is 1. The zero-order valence-electron chi connectivity index (χ0n) is 9.94. The minimum Gasteiger partial charge on any atom is -0.372 e. The minimum absolute atomic E-state index is 0.500. The van der Waals surface area contributed by atoms with Crippen molar-refractivity contribution in [3.8, 4) is 0 Å². The van der Waals surface area contributed by atoms with Gasteiger partial charge in [-0.1, -0.05) is 11.8 Å². The number of nitrogens with zero attached hydrogens (tertiary/aromatic N) is 6. The first-order valence-electron chi connectivity index (χ1n) is 5.76. The van der Waals surface area contributed by atoms with Crippen LogP contribution in [0.5, 0.6) is 0 Å². The SMILES string of the molecule is CNc1cnc(CSc2nnnn2C2CC2)cn1. The van der Waals surface area contributed by atoms with E-state index in [4.69, 9.17) is 0 Å². The second kappa shape index (κ2) is 4.89. The maximum atomic E-state index is 4.32. The van der Waals surface area contributed by atoms with Crippen LogP contribution in [0.3, 0.4) is 0 Å². The molecule has 1 aliphatic rings. The van der Waals surface area contributed by atoms with Crippen molar-refractivity contribution in [2.24, 2.45) is 0 Å². The molecule has 0 aromatic carbocycles. The predicted molar refractivity (Wildman–Crippen MR) is 67.2 cm³/mol. The molecule has 0 spiro atoms. The third kappa shape index (κ3) is 2.42. The molecule has 0 radical (unpaired) electrons. The van der Waals surface area contributed by atoms with E-state index in [0.717, 1.165) is 22.4 Å². The molecular formula is C10H13N7S. The summed E-state index contributed by atoms with van der Waals surface area (Å²) in [6.07, 6.45) is 5.84. The van der Waals surface area contributed by atoms with Crippen molar-refractivity contribution in [3.63, 3.8) is 0 Å². The van der Waals surface area contributed by atoms with Gasteiger partial charge in [-0.3, -0.25) is 4.98 Å². The van der Waals surface area contributed by atoms with Gasteiger partial charge in [-0.25, -0.2) is 9.67 Å². The summed E-state index contributed by atoms with van der Waals surface area (Å²) >= 11 is 1.59. The van der Waals surface area contributed by atoms with Gasteiger partial charge in [0.2, 0.25) is 5.16 Å². The van der Waals surface area contributed by atoms with Crippen LogP contribution < -0.4 is 5.32 Å². The normalized spacial score (nSPS) is 14.7. The van der Waals surface area contributed by atoms with Gasteiger partial charge in [0, 0.05) is 12.8 Å². The first-order valence-corrected chi connectivity index (χ1v) is 6.74. The van der Waals surface area contributed by atoms with Gasteiger partial charge in [0.25, 0.3) is 0 Å². The quantitative estimate of drug-likeness (QED) is 0.810. The first kappa shape index (κ1) is 11.4. The molecular weight excluding hydrogens is 250 g/mol. The standard InChI is InChI=1S/C10H13N7S/c1-11-9-5-12-7(4-13-9)6-18-10-14-15-16-17(10)8-2-3-8/h4-5,8H,2-3,6H2,1H3,(H,11,13). The zero-order valence-corrected chi connectivity index (χ0v) is 10.8. The van der Waals surface area contributed by atoms with Crippen LogP contribution in [0.2, 0.25) is 0 Å². The summed E-state index contributed by atoms with van der Waals surface area (Å²) in [5.41, 5.74) is 0.921. The molecule has 2 aromatic heterocycles. The van der Waals surface area contributed by atoms with E-state index in [9.17, 15) is 0 Å². The zero-order chi connectivity index (χ0) is 12.4. The molecule has 0 unspecified atom stereocenters. The fourth-order valence-corrected chi connectivity index (χ4v) is 2.36. The molecule has 0 amide bonds. The first-order chi connectivity index (χ1) is 8.86. The summed E-state index contributed by atoms with van der Waals surface area (Å²) in [6, 6.07) is 0.500. The molecule has 18 heavy (non-hydrogen) atoms.